The van der Waals surface area contributed by atoms with Crippen LogP contribution in [-0.2, 0) is 6.54 Å². The minimum atomic E-state index is -0.599. The number of hydrogen-bond acceptors (Lipinski definition) is 1. The SMILES string of the molecule is Cc1cc(Cl)c(NCc2ccc(F)cc2F)cc1Cl. The Balaban J connectivity index is 2.16. The van der Waals surface area contributed by atoms with Gasteiger partial charge in [-0.05, 0) is 30.7 Å². The summed E-state index contributed by atoms with van der Waals surface area (Å²) in [5, 5.41) is 4.06. The average Bonchev–Trinajstić information content (AvgIpc) is 2.34. The van der Waals surface area contributed by atoms with Crippen LogP contribution < -0.4 is 5.32 Å². The van der Waals surface area contributed by atoms with E-state index in [4.69, 9.17) is 23.2 Å². The molecule has 0 aliphatic heterocycles. The van der Waals surface area contributed by atoms with E-state index in [-0.39, 0.29) is 6.54 Å². The molecule has 0 saturated carbocycles. The van der Waals surface area contributed by atoms with Gasteiger partial charge in [0.15, 0.2) is 0 Å². The van der Waals surface area contributed by atoms with E-state index < -0.39 is 11.6 Å². The van der Waals surface area contributed by atoms with Gasteiger partial charge in [-0.15, -0.1) is 0 Å². The molecule has 0 aliphatic rings. The van der Waals surface area contributed by atoms with E-state index in [9.17, 15) is 8.78 Å². The highest BCUT2D eigenvalue weighted by atomic mass is 35.5. The van der Waals surface area contributed by atoms with Crippen molar-refractivity contribution in [1.29, 1.82) is 0 Å². The first-order valence-electron chi connectivity index (χ1n) is 5.61. The van der Waals surface area contributed by atoms with Gasteiger partial charge in [0.2, 0.25) is 0 Å². The molecule has 0 aromatic heterocycles. The van der Waals surface area contributed by atoms with Gasteiger partial charge in [-0.2, -0.15) is 0 Å². The van der Waals surface area contributed by atoms with Crippen molar-refractivity contribution in [2.24, 2.45) is 0 Å². The molecule has 2 aromatic rings. The molecule has 1 nitrogen and oxygen atoms in total. The van der Waals surface area contributed by atoms with Crippen LogP contribution in [0.4, 0.5) is 14.5 Å². The molecule has 2 aromatic carbocycles. The molecule has 1 N–H and O–H groups in total. The summed E-state index contributed by atoms with van der Waals surface area (Å²) >= 11 is 12.1. The van der Waals surface area contributed by atoms with Crippen molar-refractivity contribution in [2.45, 2.75) is 13.5 Å². The number of anilines is 1. The van der Waals surface area contributed by atoms with Gasteiger partial charge in [0.1, 0.15) is 11.6 Å². The Morgan fingerprint density at radius 1 is 1.05 bits per heavy atom. The Bertz CT molecular complexity index is 615. The molecule has 5 heteroatoms. The third-order valence-corrected chi connectivity index (χ3v) is 3.45. The summed E-state index contributed by atoms with van der Waals surface area (Å²) in [4.78, 5) is 0. The lowest BCUT2D eigenvalue weighted by Gasteiger charge is -2.11. The highest BCUT2D eigenvalue weighted by Crippen LogP contribution is 2.29. The van der Waals surface area contributed by atoms with E-state index in [1.54, 1.807) is 12.1 Å². The van der Waals surface area contributed by atoms with Crippen molar-refractivity contribution in [1.82, 2.24) is 0 Å². The number of halogens is 4. The molecule has 0 amide bonds. The zero-order valence-corrected chi connectivity index (χ0v) is 11.6. The largest absolute Gasteiger partial charge is 0.380 e. The zero-order valence-electron chi connectivity index (χ0n) is 10.1. The van der Waals surface area contributed by atoms with Crippen LogP contribution in [0.2, 0.25) is 10.0 Å². The molecule has 0 aliphatic carbocycles. The lowest BCUT2D eigenvalue weighted by molar-refractivity contribution is 0.574. The molecule has 0 unspecified atom stereocenters. The second-order valence-corrected chi connectivity index (χ2v) is 4.98. The number of rotatable bonds is 3. The van der Waals surface area contributed by atoms with Gasteiger partial charge in [-0.25, -0.2) is 8.78 Å². The topological polar surface area (TPSA) is 12.0 Å². The summed E-state index contributed by atoms with van der Waals surface area (Å²) in [6.45, 7) is 2.04. The first-order chi connectivity index (χ1) is 8.97. The summed E-state index contributed by atoms with van der Waals surface area (Å²) < 4.78 is 26.2. The minimum Gasteiger partial charge on any atom is -0.380 e. The van der Waals surface area contributed by atoms with Gasteiger partial charge in [-0.1, -0.05) is 29.3 Å². The molecule has 19 heavy (non-hydrogen) atoms. The zero-order chi connectivity index (χ0) is 14.0. The van der Waals surface area contributed by atoms with Crippen molar-refractivity contribution in [3.8, 4) is 0 Å². The van der Waals surface area contributed by atoms with Gasteiger partial charge < -0.3 is 5.32 Å². The molecule has 0 saturated heterocycles. The Morgan fingerprint density at radius 3 is 2.47 bits per heavy atom. The maximum Gasteiger partial charge on any atom is 0.131 e. The fourth-order valence-electron chi connectivity index (χ4n) is 1.64. The van der Waals surface area contributed by atoms with Crippen LogP contribution in [0.15, 0.2) is 30.3 Å². The van der Waals surface area contributed by atoms with Crippen LogP contribution >= 0.6 is 23.2 Å². The maximum absolute atomic E-state index is 13.5. The molecular weight excluding hydrogens is 291 g/mol. The highest BCUT2D eigenvalue weighted by molar-refractivity contribution is 6.35. The Labute approximate surface area is 120 Å². The fraction of sp³-hybridized carbons (Fsp3) is 0.143. The number of aryl methyl sites for hydroxylation is 1. The fourth-order valence-corrected chi connectivity index (χ4v) is 2.09. The van der Waals surface area contributed by atoms with Gasteiger partial charge in [0, 0.05) is 23.2 Å². The average molecular weight is 302 g/mol. The molecule has 2 rings (SSSR count). The number of benzene rings is 2. The van der Waals surface area contributed by atoms with E-state index >= 15 is 0 Å². The van der Waals surface area contributed by atoms with Crippen LogP contribution in [0.5, 0.6) is 0 Å². The van der Waals surface area contributed by atoms with Gasteiger partial charge >= 0.3 is 0 Å². The van der Waals surface area contributed by atoms with Crippen molar-refractivity contribution in [3.63, 3.8) is 0 Å². The first-order valence-corrected chi connectivity index (χ1v) is 6.36. The highest BCUT2D eigenvalue weighted by Gasteiger charge is 2.07. The maximum atomic E-state index is 13.5. The summed E-state index contributed by atoms with van der Waals surface area (Å²) in [5.74, 6) is -1.19. The molecule has 0 heterocycles. The van der Waals surface area contributed by atoms with Gasteiger partial charge in [0.05, 0.1) is 10.7 Å². The van der Waals surface area contributed by atoms with Crippen LogP contribution in [0.25, 0.3) is 0 Å². The predicted molar refractivity (Wildman–Crippen MR) is 74.9 cm³/mol. The minimum absolute atomic E-state index is 0.200. The predicted octanol–water partition coefficient (Wildman–Crippen LogP) is 5.19. The summed E-state index contributed by atoms with van der Waals surface area (Å²) in [6, 6.07) is 6.86. The van der Waals surface area contributed by atoms with Gasteiger partial charge in [-0.3, -0.25) is 0 Å². The molecular formula is C14H11Cl2F2N. The van der Waals surface area contributed by atoms with Crippen molar-refractivity contribution in [3.05, 3.63) is 63.1 Å². The van der Waals surface area contributed by atoms with E-state index in [0.717, 1.165) is 11.6 Å². The third kappa shape index (κ3) is 3.37. The molecule has 0 bridgehead atoms. The van der Waals surface area contributed by atoms with E-state index in [2.05, 4.69) is 5.32 Å². The van der Waals surface area contributed by atoms with Crippen LogP contribution in [0, 0.1) is 18.6 Å². The van der Waals surface area contributed by atoms with E-state index in [0.29, 0.717) is 21.3 Å². The van der Waals surface area contributed by atoms with Crippen molar-refractivity contribution >= 4 is 28.9 Å². The van der Waals surface area contributed by atoms with E-state index in [1.807, 2.05) is 6.92 Å². The Hall–Kier alpha value is -1.32. The molecule has 0 spiro atoms. The Kier molecular flexibility index (Phi) is 4.27. The number of hydrogen-bond donors (Lipinski definition) is 1. The monoisotopic (exact) mass is 301 g/mol. The van der Waals surface area contributed by atoms with Crippen LogP contribution in [0.1, 0.15) is 11.1 Å². The standard InChI is InChI=1S/C14H11Cl2F2N/c1-8-4-12(16)14(6-11(8)15)19-7-9-2-3-10(17)5-13(9)18/h2-6,19H,7H2,1H3. The molecule has 0 atom stereocenters. The normalized spacial score (nSPS) is 10.6. The van der Waals surface area contributed by atoms with Crippen molar-refractivity contribution in [2.75, 3.05) is 5.32 Å². The Morgan fingerprint density at radius 2 is 1.79 bits per heavy atom. The lowest BCUT2D eigenvalue weighted by Crippen LogP contribution is -2.03. The number of nitrogens with one attached hydrogen (secondary N) is 1. The van der Waals surface area contributed by atoms with Crippen LogP contribution in [-0.4, -0.2) is 0 Å². The van der Waals surface area contributed by atoms with Crippen LogP contribution in [0.3, 0.4) is 0 Å². The summed E-state index contributed by atoms with van der Waals surface area (Å²) in [5.41, 5.74) is 1.83. The third-order valence-electron chi connectivity index (χ3n) is 2.73. The first kappa shape index (κ1) is 14.1. The molecule has 0 fully saturated rings. The quantitative estimate of drug-likeness (QED) is 0.822. The lowest BCUT2D eigenvalue weighted by atomic mass is 10.2. The summed E-state index contributed by atoms with van der Waals surface area (Å²) in [7, 11) is 0. The second kappa shape index (κ2) is 5.76. The van der Waals surface area contributed by atoms with E-state index in [1.165, 1.54) is 12.1 Å². The van der Waals surface area contributed by atoms with Crippen molar-refractivity contribution < 1.29 is 8.78 Å². The smallest absolute Gasteiger partial charge is 0.131 e. The van der Waals surface area contributed by atoms with Gasteiger partial charge in [0.25, 0.3) is 0 Å². The summed E-state index contributed by atoms with van der Waals surface area (Å²) in [6.07, 6.45) is 0. The molecule has 100 valence electrons. The molecule has 0 radical (unpaired) electrons. The second-order valence-electron chi connectivity index (χ2n) is 4.17.